The molecule has 142 valence electrons. The molecular formula is C17H18N4O5S. The topological polar surface area (TPSA) is 96.9 Å². The van der Waals surface area contributed by atoms with Crippen molar-refractivity contribution in [2.45, 2.75) is 6.54 Å². The molecule has 0 aliphatic rings. The van der Waals surface area contributed by atoms with Gasteiger partial charge >= 0.3 is 5.97 Å². The molecule has 0 spiro atoms. The van der Waals surface area contributed by atoms with Gasteiger partial charge in [0.05, 0.1) is 31.5 Å². The summed E-state index contributed by atoms with van der Waals surface area (Å²) in [6, 6.07) is 5.09. The second-order valence-electron chi connectivity index (χ2n) is 5.51. The zero-order valence-electron chi connectivity index (χ0n) is 15.3. The Kier molecular flexibility index (Phi) is 5.26. The fraction of sp³-hybridized carbons (Fsp3) is 0.294. The van der Waals surface area contributed by atoms with Crippen molar-refractivity contribution in [3.8, 4) is 11.5 Å². The number of rotatable bonds is 5. The van der Waals surface area contributed by atoms with Crippen molar-refractivity contribution in [3.63, 3.8) is 0 Å². The van der Waals surface area contributed by atoms with Gasteiger partial charge < -0.3 is 18.8 Å². The lowest BCUT2D eigenvalue weighted by Crippen LogP contribution is -2.22. The number of methoxy groups -OCH3 is 3. The maximum Gasteiger partial charge on any atom is 0.325 e. The smallest absolute Gasteiger partial charge is 0.325 e. The van der Waals surface area contributed by atoms with E-state index < -0.39 is 11.9 Å². The predicted octanol–water partition coefficient (Wildman–Crippen LogP) is 1.37. The van der Waals surface area contributed by atoms with Gasteiger partial charge in [-0.3, -0.25) is 14.3 Å². The van der Waals surface area contributed by atoms with Gasteiger partial charge in [-0.25, -0.2) is 0 Å². The first-order valence-electron chi connectivity index (χ1n) is 7.87. The summed E-state index contributed by atoms with van der Waals surface area (Å²) in [4.78, 5) is 28.8. The molecule has 0 saturated heterocycles. The number of aromatic nitrogens is 3. The van der Waals surface area contributed by atoms with Crippen LogP contribution in [0, 0.1) is 0 Å². The second kappa shape index (κ2) is 7.62. The van der Waals surface area contributed by atoms with Crippen LogP contribution < -0.4 is 14.3 Å². The normalized spacial score (nSPS) is 11.6. The zero-order chi connectivity index (χ0) is 19.6. The van der Waals surface area contributed by atoms with E-state index in [1.54, 1.807) is 36.0 Å². The van der Waals surface area contributed by atoms with Gasteiger partial charge in [0.2, 0.25) is 0 Å². The highest BCUT2D eigenvalue weighted by molar-refractivity contribution is 7.16. The number of nitrogens with zero attached hydrogens (tertiary/aromatic N) is 4. The Morgan fingerprint density at radius 3 is 2.48 bits per heavy atom. The van der Waals surface area contributed by atoms with E-state index in [0.29, 0.717) is 21.8 Å². The molecule has 0 atom stereocenters. The van der Waals surface area contributed by atoms with Crippen molar-refractivity contribution in [1.82, 2.24) is 14.3 Å². The lowest BCUT2D eigenvalue weighted by atomic mass is 10.3. The van der Waals surface area contributed by atoms with E-state index in [9.17, 15) is 9.59 Å². The minimum atomic E-state index is -0.500. The van der Waals surface area contributed by atoms with Crippen LogP contribution in [0.15, 0.2) is 29.4 Å². The molecule has 2 aromatic heterocycles. The van der Waals surface area contributed by atoms with Crippen molar-refractivity contribution in [2.75, 3.05) is 21.3 Å². The minimum absolute atomic E-state index is 0.0969. The Hall–Kier alpha value is -3.14. The van der Waals surface area contributed by atoms with Crippen LogP contribution in [0.25, 0.3) is 10.2 Å². The molecule has 0 radical (unpaired) electrons. The first-order chi connectivity index (χ1) is 13.0. The van der Waals surface area contributed by atoms with Gasteiger partial charge in [-0.05, 0) is 6.07 Å². The van der Waals surface area contributed by atoms with E-state index in [1.165, 1.54) is 37.3 Å². The number of benzene rings is 1. The third kappa shape index (κ3) is 3.70. The van der Waals surface area contributed by atoms with E-state index in [2.05, 4.69) is 10.1 Å². The van der Waals surface area contributed by atoms with Crippen molar-refractivity contribution < 1.29 is 23.8 Å². The maximum atomic E-state index is 12.4. The molecule has 0 aliphatic carbocycles. The van der Waals surface area contributed by atoms with Gasteiger partial charge in [-0.2, -0.15) is 10.1 Å². The van der Waals surface area contributed by atoms with Crippen LogP contribution >= 0.6 is 11.3 Å². The van der Waals surface area contributed by atoms with E-state index in [0.717, 1.165) is 4.70 Å². The molecule has 0 aliphatic heterocycles. The van der Waals surface area contributed by atoms with Gasteiger partial charge in [0, 0.05) is 25.4 Å². The van der Waals surface area contributed by atoms with Gasteiger partial charge in [0.15, 0.2) is 22.0 Å². The SMILES string of the molecule is COC(=O)Cn1c(=NC(=O)c2ccn(C)n2)sc2cc(OC)c(OC)cc21. The highest BCUT2D eigenvalue weighted by Gasteiger charge is 2.16. The van der Waals surface area contributed by atoms with Crippen molar-refractivity contribution in [2.24, 2.45) is 12.0 Å². The monoisotopic (exact) mass is 390 g/mol. The Bertz CT molecular complexity index is 1080. The Morgan fingerprint density at radius 2 is 1.89 bits per heavy atom. The molecule has 0 saturated carbocycles. The largest absolute Gasteiger partial charge is 0.493 e. The summed E-state index contributed by atoms with van der Waals surface area (Å²) in [5.74, 6) is 0.0824. The molecule has 27 heavy (non-hydrogen) atoms. The summed E-state index contributed by atoms with van der Waals surface area (Å²) in [5, 5.41) is 4.06. The average molecular weight is 390 g/mol. The predicted molar refractivity (Wildman–Crippen MR) is 98.0 cm³/mol. The Labute approximate surface area is 158 Å². The molecule has 3 aromatic rings. The van der Waals surface area contributed by atoms with Gasteiger partial charge in [0.1, 0.15) is 6.54 Å². The lowest BCUT2D eigenvalue weighted by Gasteiger charge is -2.08. The summed E-state index contributed by atoms with van der Waals surface area (Å²) in [5.41, 5.74) is 0.894. The molecule has 0 unspecified atom stereocenters. The molecule has 3 rings (SSSR count). The average Bonchev–Trinajstić information content (AvgIpc) is 3.24. The molecule has 1 aromatic carbocycles. The fourth-order valence-electron chi connectivity index (χ4n) is 2.50. The molecule has 2 heterocycles. The third-order valence-corrected chi connectivity index (χ3v) is 4.87. The number of hydrogen-bond acceptors (Lipinski definition) is 7. The first kappa shape index (κ1) is 18.6. The lowest BCUT2D eigenvalue weighted by molar-refractivity contribution is -0.141. The Morgan fingerprint density at radius 1 is 1.19 bits per heavy atom. The number of ether oxygens (including phenoxy) is 3. The van der Waals surface area contributed by atoms with Crippen LogP contribution in [-0.4, -0.2) is 47.6 Å². The number of aryl methyl sites for hydroxylation is 1. The van der Waals surface area contributed by atoms with Gasteiger partial charge in [-0.15, -0.1) is 0 Å². The minimum Gasteiger partial charge on any atom is -0.493 e. The number of esters is 1. The molecule has 10 heteroatoms. The number of amides is 1. The fourth-order valence-corrected chi connectivity index (χ4v) is 3.54. The third-order valence-electron chi connectivity index (χ3n) is 3.83. The number of fused-ring (bicyclic) bond motifs is 1. The van der Waals surface area contributed by atoms with Crippen molar-refractivity contribution in [3.05, 3.63) is 34.9 Å². The second-order valence-corrected chi connectivity index (χ2v) is 6.52. The van der Waals surface area contributed by atoms with Gasteiger partial charge in [0.25, 0.3) is 5.91 Å². The summed E-state index contributed by atoms with van der Waals surface area (Å²) in [6.07, 6.45) is 1.66. The number of thiazole rings is 1. The van der Waals surface area contributed by atoms with Crippen LogP contribution in [0.1, 0.15) is 10.5 Å². The van der Waals surface area contributed by atoms with E-state index in [1.807, 2.05) is 0 Å². The zero-order valence-corrected chi connectivity index (χ0v) is 16.1. The maximum absolute atomic E-state index is 12.4. The van der Waals surface area contributed by atoms with Crippen LogP contribution in [0.4, 0.5) is 0 Å². The van der Waals surface area contributed by atoms with Crippen molar-refractivity contribution >= 4 is 33.4 Å². The number of hydrogen-bond donors (Lipinski definition) is 0. The van der Waals surface area contributed by atoms with E-state index in [4.69, 9.17) is 14.2 Å². The van der Waals surface area contributed by atoms with Crippen molar-refractivity contribution in [1.29, 1.82) is 0 Å². The Balaban J connectivity index is 2.20. The molecule has 9 nitrogen and oxygen atoms in total. The molecule has 0 N–H and O–H groups in total. The summed E-state index contributed by atoms with van der Waals surface area (Å²) in [6.45, 7) is -0.0969. The van der Waals surface area contributed by atoms with Gasteiger partial charge in [-0.1, -0.05) is 11.3 Å². The van der Waals surface area contributed by atoms with E-state index >= 15 is 0 Å². The summed E-state index contributed by atoms with van der Waals surface area (Å²) < 4.78 is 19.3. The first-order valence-corrected chi connectivity index (χ1v) is 8.69. The quantitative estimate of drug-likeness (QED) is 0.611. The van der Waals surface area contributed by atoms with E-state index in [-0.39, 0.29) is 12.2 Å². The highest BCUT2D eigenvalue weighted by Crippen LogP contribution is 2.33. The van der Waals surface area contributed by atoms with Crippen LogP contribution in [0.3, 0.4) is 0 Å². The number of carbonyl (C=O) groups excluding carboxylic acids is 2. The van der Waals surface area contributed by atoms with Crippen LogP contribution in [0.5, 0.6) is 11.5 Å². The molecule has 0 fully saturated rings. The summed E-state index contributed by atoms with van der Waals surface area (Å²) in [7, 11) is 6.08. The summed E-state index contributed by atoms with van der Waals surface area (Å²) >= 11 is 1.25. The number of carbonyl (C=O) groups is 2. The molecule has 0 bridgehead atoms. The molecular weight excluding hydrogens is 372 g/mol. The highest BCUT2D eigenvalue weighted by atomic mass is 32.1. The van der Waals surface area contributed by atoms with Crippen LogP contribution in [0.2, 0.25) is 0 Å². The molecule has 1 amide bonds. The van der Waals surface area contributed by atoms with Crippen LogP contribution in [-0.2, 0) is 23.1 Å². The standard InChI is InChI=1S/C17H18N4O5S/c1-20-6-5-10(19-20)16(23)18-17-21(9-15(22)26-4)11-7-12(24-2)13(25-3)8-14(11)27-17/h5-8H,9H2,1-4H3.